The molecule has 6 heteroatoms. The molecule has 0 aromatic heterocycles. The van der Waals surface area contributed by atoms with E-state index in [9.17, 15) is 8.42 Å². The van der Waals surface area contributed by atoms with E-state index in [2.05, 4.69) is 33.3 Å². The number of nitrogens with one attached hydrogen (secondary N) is 1. The Hall–Kier alpha value is -1.89. The number of allylic oxidation sites excluding steroid dienone is 4. The van der Waals surface area contributed by atoms with Crippen molar-refractivity contribution in [1.82, 2.24) is 14.5 Å². The average Bonchev–Trinajstić information content (AvgIpc) is 2.76. The van der Waals surface area contributed by atoms with Gasteiger partial charge >= 0.3 is 0 Å². The van der Waals surface area contributed by atoms with Crippen LogP contribution in [-0.2, 0) is 10.0 Å². The molecule has 0 radical (unpaired) electrons. The van der Waals surface area contributed by atoms with E-state index < -0.39 is 10.0 Å². The topological polar surface area (TPSA) is 52.6 Å². The summed E-state index contributed by atoms with van der Waals surface area (Å²) in [4.78, 5) is 5.32. The van der Waals surface area contributed by atoms with Crippen molar-refractivity contribution in [3.8, 4) is 0 Å². The molecule has 1 heterocycles. The van der Waals surface area contributed by atoms with Crippen LogP contribution in [0.4, 0.5) is 0 Å². The van der Waals surface area contributed by atoms with Gasteiger partial charge in [0, 0.05) is 44.0 Å². The third-order valence-electron chi connectivity index (χ3n) is 5.94. The maximum absolute atomic E-state index is 12.5. The van der Waals surface area contributed by atoms with Gasteiger partial charge in [-0.25, -0.2) is 13.1 Å². The molecule has 1 aromatic carbocycles. The van der Waals surface area contributed by atoms with Gasteiger partial charge in [0.25, 0.3) is 0 Å². The first-order valence-corrected chi connectivity index (χ1v) is 12.0. The van der Waals surface area contributed by atoms with E-state index in [1.54, 1.807) is 24.3 Å². The molecule has 0 amide bonds. The summed E-state index contributed by atoms with van der Waals surface area (Å²) in [6, 6.07) is 9.24. The van der Waals surface area contributed by atoms with E-state index in [-0.39, 0.29) is 6.04 Å². The zero-order chi connectivity index (χ0) is 20.7. The van der Waals surface area contributed by atoms with E-state index in [4.69, 9.17) is 0 Å². The maximum Gasteiger partial charge on any atom is 0.240 e. The van der Waals surface area contributed by atoms with Crippen LogP contribution >= 0.6 is 0 Å². The van der Waals surface area contributed by atoms with Gasteiger partial charge in [0.2, 0.25) is 10.0 Å². The number of benzene rings is 1. The Labute approximate surface area is 175 Å². The van der Waals surface area contributed by atoms with E-state index >= 15 is 0 Å². The van der Waals surface area contributed by atoms with Crippen molar-refractivity contribution >= 4 is 10.0 Å². The highest BCUT2D eigenvalue weighted by molar-refractivity contribution is 7.89. The van der Waals surface area contributed by atoms with Gasteiger partial charge in [0.1, 0.15) is 0 Å². The summed E-state index contributed by atoms with van der Waals surface area (Å²) in [5.74, 6) is 0. The van der Waals surface area contributed by atoms with E-state index in [0.717, 1.165) is 51.9 Å². The number of sulfonamides is 1. The molecule has 5 nitrogen and oxygen atoms in total. The molecular weight excluding hydrogens is 382 g/mol. The first-order chi connectivity index (χ1) is 14.0. The van der Waals surface area contributed by atoms with E-state index in [0.29, 0.717) is 10.9 Å². The quantitative estimate of drug-likeness (QED) is 0.692. The highest BCUT2D eigenvalue weighted by Gasteiger charge is 2.30. The zero-order valence-corrected chi connectivity index (χ0v) is 18.2. The van der Waals surface area contributed by atoms with Crippen LogP contribution in [0.25, 0.3) is 0 Å². The summed E-state index contributed by atoms with van der Waals surface area (Å²) in [5.41, 5.74) is 1.18. The third kappa shape index (κ3) is 5.81. The lowest BCUT2D eigenvalue weighted by Crippen LogP contribution is -2.51. The minimum Gasteiger partial charge on any atom is -0.369 e. The number of hydrogen-bond donors (Lipinski definition) is 1. The van der Waals surface area contributed by atoms with Gasteiger partial charge in [-0.15, -0.1) is 0 Å². The molecule has 158 valence electrons. The Morgan fingerprint density at radius 1 is 1.07 bits per heavy atom. The summed E-state index contributed by atoms with van der Waals surface area (Å²) in [6.45, 7) is 10.1. The van der Waals surface area contributed by atoms with Crippen LogP contribution in [0.2, 0.25) is 0 Å². The lowest BCUT2D eigenvalue weighted by atomic mass is 9.90. The molecule has 1 saturated heterocycles. The fourth-order valence-corrected chi connectivity index (χ4v) is 5.61. The van der Waals surface area contributed by atoms with Crippen molar-refractivity contribution in [3.63, 3.8) is 0 Å². The van der Waals surface area contributed by atoms with Gasteiger partial charge in [-0.2, -0.15) is 0 Å². The summed E-state index contributed by atoms with van der Waals surface area (Å²) >= 11 is 0. The fourth-order valence-electron chi connectivity index (χ4n) is 4.29. The Bertz CT molecular complexity index is 817. The largest absolute Gasteiger partial charge is 0.369 e. The second-order valence-electron chi connectivity index (χ2n) is 7.78. The molecule has 0 unspecified atom stereocenters. The molecule has 1 aliphatic heterocycles. The monoisotopic (exact) mass is 415 g/mol. The normalized spacial score (nSPS) is 24.7. The van der Waals surface area contributed by atoms with Crippen molar-refractivity contribution in [2.75, 3.05) is 26.2 Å². The van der Waals surface area contributed by atoms with Gasteiger partial charge in [0.05, 0.1) is 4.90 Å². The molecule has 29 heavy (non-hydrogen) atoms. The summed E-state index contributed by atoms with van der Waals surface area (Å²) in [5, 5.41) is 0. The molecular formula is C23H33N3O2S. The van der Waals surface area contributed by atoms with Crippen LogP contribution in [0.15, 0.2) is 71.8 Å². The summed E-state index contributed by atoms with van der Waals surface area (Å²) < 4.78 is 28.0. The van der Waals surface area contributed by atoms with Crippen molar-refractivity contribution < 1.29 is 8.42 Å². The van der Waals surface area contributed by atoms with Crippen molar-refractivity contribution in [2.45, 2.75) is 49.6 Å². The standard InChI is InChI=1S/C23H33N3O2S/c1-3-5-9-21(4-2)25-16-18-26(19-17-25)22-14-12-20(13-15-22)24-29(27,28)23-10-7-6-8-11-23/h3-11,20,22,24H,2,12-19H2,1H3/b5-3-,21-9+. The molecule has 3 rings (SSSR count). The highest BCUT2D eigenvalue weighted by atomic mass is 32.2. The molecule has 1 N–H and O–H groups in total. The third-order valence-corrected chi connectivity index (χ3v) is 7.47. The number of piperazine rings is 1. The lowest BCUT2D eigenvalue weighted by molar-refractivity contribution is 0.0915. The van der Waals surface area contributed by atoms with Crippen LogP contribution in [0.5, 0.6) is 0 Å². The fraction of sp³-hybridized carbons (Fsp3) is 0.478. The first kappa shape index (κ1) is 21.8. The van der Waals surface area contributed by atoms with Gasteiger partial charge in [-0.1, -0.05) is 36.9 Å². The molecule has 0 bridgehead atoms. The molecule has 0 atom stereocenters. The molecule has 1 saturated carbocycles. The molecule has 2 aliphatic rings. The van der Waals surface area contributed by atoms with Crippen LogP contribution in [-0.4, -0.2) is 56.5 Å². The second-order valence-corrected chi connectivity index (χ2v) is 9.50. The summed E-state index contributed by atoms with van der Waals surface area (Å²) in [7, 11) is -3.42. The second kappa shape index (κ2) is 10.2. The van der Waals surface area contributed by atoms with Crippen molar-refractivity contribution in [2.24, 2.45) is 0 Å². The van der Waals surface area contributed by atoms with Gasteiger partial charge in [-0.3, -0.25) is 4.90 Å². The minimum absolute atomic E-state index is 0.0360. The Morgan fingerprint density at radius 3 is 2.31 bits per heavy atom. The predicted molar refractivity (Wildman–Crippen MR) is 119 cm³/mol. The Morgan fingerprint density at radius 2 is 1.72 bits per heavy atom. The maximum atomic E-state index is 12.5. The summed E-state index contributed by atoms with van der Waals surface area (Å²) in [6.07, 6.45) is 12.0. The SMILES string of the molecule is C=C/C(=C\C=C/C)N1CCN(C2CCC(NS(=O)(=O)c3ccccc3)CC2)CC1. The van der Waals surface area contributed by atoms with Gasteiger partial charge < -0.3 is 4.90 Å². The molecule has 1 aliphatic carbocycles. The Kier molecular flexibility index (Phi) is 7.70. The molecule has 1 aromatic rings. The van der Waals surface area contributed by atoms with Crippen LogP contribution in [0.3, 0.4) is 0 Å². The molecule has 0 spiro atoms. The zero-order valence-electron chi connectivity index (χ0n) is 17.3. The first-order valence-electron chi connectivity index (χ1n) is 10.6. The Balaban J connectivity index is 1.47. The minimum atomic E-state index is -3.42. The van der Waals surface area contributed by atoms with Crippen LogP contribution in [0, 0.1) is 0 Å². The highest BCUT2D eigenvalue weighted by Crippen LogP contribution is 2.26. The number of nitrogens with zero attached hydrogens (tertiary/aromatic N) is 2. The smallest absolute Gasteiger partial charge is 0.240 e. The number of hydrogen-bond acceptors (Lipinski definition) is 4. The van der Waals surface area contributed by atoms with Crippen molar-refractivity contribution in [3.05, 3.63) is 66.9 Å². The van der Waals surface area contributed by atoms with E-state index in [1.165, 1.54) is 5.70 Å². The number of rotatable bonds is 7. The molecule has 2 fully saturated rings. The van der Waals surface area contributed by atoms with Gasteiger partial charge in [0.15, 0.2) is 0 Å². The van der Waals surface area contributed by atoms with Gasteiger partial charge in [-0.05, 0) is 56.9 Å². The predicted octanol–water partition coefficient (Wildman–Crippen LogP) is 3.54. The average molecular weight is 416 g/mol. The van der Waals surface area contributed by atoms with Crippen LogP contribution < -0.4 is 4.72 Å². The van der Waals surface area contributed by atoms with Crippen LogP contribution in [0.1, 0.15) is 32.6 Å². The lowest BCUT2D eigenvalue weighted by Gasteiger charge is -2.43. The van der Waals surface area contributed by atoms with Crippen molar-refractivity contribution in [1.29, 1.82) is 0 Å². The van der Waals surface area contributed by atoms with E-state index in [1.807, 2.05) is 25.1 Å².